The van der Waals surface area contributed by atoms with Crippen LogP contribution in [0.2, 0.25) is 0 Å². The fraction of sp³-hybridized carbons (Fsp3) is 0.250. The van der Waals surface area contributed by atoms with Crippen LogP contribution in [0.15, 0.2) is 40.4 Å². The van der Waals surface area contributed by atoms with E-state index in [0.29, 0.717) is 17.3 Å². The number of aromatic nitrogens is 3. The molecule has 1 atom stereocenters. The van der Waals surface area contributed by atoms with E-state index in [4.69, 9.17) is 9.78 Å². The van der Waals surface area contributed by atoms with Crippen molar-refractivity contribution in [2.24, 2.45) is 0 Å². The molecule has 3 heterocycles. The molecule has 1 fully saturated rings. The average molecular weight is 355 g/mol. The number of hydrogen-bond acceptors (Lipinski definition) is 8. The van der Waals surface area contributed by atoms with Crippen LogP contribution >= 0.6 is 23.1 Å². The fourth-order valence-corrected chi connectivity index (χ4v) is 4.41. The highest BCUT2D eigenvalue weighted by molar-refractivity contribution is 7.99. The first-order valence-electron chi connectivity index (χ1n) is 7.38. The molecule has 1 unspecified atom stereocenters. The molecule has 0 spiro atoms. The average Bonchev–Trinajstić information content (AvgIpc) is 3.36. The summed E-state index contributed by atoms with van der Waals surface area (Å²) in [7, 11) is 0. The second kappa shape index (κ2) is 6.73. The summed E-state index contributed by atoms with van der Waals surface area (Å²) >= 11 is 3.50. The van der Waals surface area contributed by atoms with E-state index in [1.165, 1.54) is 0 Å². The highest BCUT2D eigenvalue weighted by Gasteiger charge is 2.31. The summed E-state index contributed by atoms with van der Waals surface area (Å²) < 4.78 is 5.51. The number of thioether (sulfide) groups is 1. The molecule has 120 valence electrons. The highest BCUT2D eigenvalue weighted by Crippen LogP contribution is 2.34. The summed E-state index contributed by atoms with van der Waals surface area (Å²) in [6.07, 6.45) is 1.82. The van der Waals surface area contributed by atoms with Crippen molar-refractivity contribution in [3.8, 4) is 17.5 Å². The van der Waals surface area contributed by atoms with Gasteiger partial charge in [0, 0.05) is 28.8 Å². The Labute approximate surface area is 147 Å². The predicted molar refractivity (Wildman–Crippen MR) is 92.2 cm³/mol. The zero-order chi connectivity index (χ0) is 16.4. The van der Waals surface area contributed by atoms with Gasteiger partial charge >= 0.3 is 0 Å². The van der Waals surface area contributed by atoms with Crippen LogP contribution in [0.4, 0.5) is 0 Å². The molecule has 6 nitrogen and oxygen atoms in total. The number of rotatable bonds is 4. The third-order valence-corrected chi connectivity index (χ3v) is 5.60. The van der Waals surface area contributed by atoms with E-state index in [1.54, 1.807) is 23.5 Å². The molecule has 1 aliphatic rings. The number of nitriles is 1. The van der Waals surface area contributed by atoms with Crippen molar-refractivity contribution in [1.29, 1.82) is 5.26 Å². The first-order valence-corrected chi connectivity index (χ1v) is 9.41. The normalized spacial score (nSPS) is 17.9. The maximum Gasteiger partial charge on any atom is 0.245 e. The molecular weight excluding hydrogens is 342 g/mol. The Kier molecular flexibility index (Phi) is 4.30. The van der Waals surface area contributed by atoms with Crippen LogP contribution in [0.25, 0.3) is 11.4 Å². The number of thiazole rings is 1. The van der Waals surface area contributed by atoms with Gasteiger partial charge in [0.05, 0.1) is 24.2 Å². The summed E-state index contributed by atoms with van der Waals surface area (Å²) in [6, 6.07) is 9.46. The van der Waals surface area contributed by atoms with E-state index in [9.17, 15) is 0 Å². The first-order chi connectivity index (χ1) is 11.8. The monoisotopic (exact) mass is 355 g/mol. The highest BCUT2D eigenvalue weighted by atomic mass is 32.2. The van der Waals surface area contributed by atoms with Crippen molar-refractivity contribution < 1.29 is 4.52 Å². The van der Waals surface area contributed by atoms with Crippen LogP contribution in [0.5, 0.6) is 0 Å². The topological polar surface area (TPSA) is 78.8 Å². The summed E-state index contributed by atoms with van der Waals surface area (Å²) in [4.78, 5) is 11.2. The van der Waals surface area contributed by atoms with Gasteiger partial charge in [-0.15, -0.1) is 23.1 Å². The Balaban J connectivity index is 1.56. The van der Waals surface area contributed by atoms with E-state index in [2.05, 4.69) is 26.1 Å². The van der Waals surface area contributed by atoms with E-state index >= 15 is 0 Å². The van der Waals surface area contributed by atoms with Gasteiger partial charge in [0.25, 0.3) is 0 Å². The molecule has 24 heavy (non-hydrogen) atoms. The lowest BCUT2D eigenvalue weighted by Crippen LogP contribution is -2.23. The SMILES string of the molecule is N#Cc1cccc(-c2noc(C3CSCN3Cc3nccs3)n2)c1. The van der Waals surface area contributed by atoms with E-state index in [1.807, 2.05) is 35.5 Å². The van der Waals surface area contributed by atoms with Gasteiger partial charge in [-0.3, -0.25) is 4.90 Å². The second-order valence-electron chi connectivity index (χ2n) is 5.34. The molecule has 0 aliphatic carbocycles. The summed E-state index contributed by atoms with van der Waals surface area (Å²) in [5.74, 6) is 2.99. The predicted octanol–water partition coefficient (Wildman–Crippen LogP) is 3.31. The number of hydrogen-bond donors (Lipinski definition) is 0. The molecule has 8 heteroatoms. The smallest absolute Gasteiger partial charge is 0.245 e. The van der Waals surface area contributed by atoms with E-state index in [0.717, 1.165) is 28.7 Å². The summed E-state index contributed by atoms with van der Waals surface area (Å²) in [6.45, 7) is 0.789. The molecule has 2 aromatic heterocycles. The lowest BCUT2D eigenvalue weighted by Gasteiger charge is -2.18. The van der Waals surface area contributed by atoms with Gasteiger partial charge < -0.3 is 4.52 Å². The molecule has 1 saturated heterocycles. The lowest BCUT2D eigenvalue weighted by atomic mass is 10.1. The van der Waals surface area contributed by atoms with Crippen LogP contribution < -0.4 is 0 Å². The minimum atomic E-state index is 0.0966. The Morgan fingerprint density at radius 2 is 2.38 bits per heavy atom. The molecule has 0 N–H and O–H groups in total. The maximum atomic E-state index is 9.02. The number of benzene rings is 1. The van der Waals surface area contributed by atoms with Gasteiger partial charge in [-0.1, -0.05) is 17.3 Å². The van der Waals surface area contributed by atoms with Crippen LogP contribution in [-0.4, -0.2) is 31.7 Å². The first kappa shape index (κ1) is 15.3. The van der Waals surface area contributed by atoms with Crippen LogP contribution in [0.1, 0.15) is 22.5 Å². The number of nitrogens with zero attached hydrogens (tertiary/aromatic N) is 5. The zero-order valence-electron chi connectivity index (χ0n) is 12.6. The van der Waals surface area contributed by atoms with Crippen molar-refractivity contribution in [2.45, 2.75) is 12.6 Å². The minimum absolute atomic E-state index is 0.0966. The lowest BCUT2D eigenvalue weighted by molar-refractivity contribution is 0.210. The van der Waals surface area contributed by atoms with Gasteiger partial charge in [-0.25, -0.2) is 4.98 Å². The maximum absolute atomic E-state index is 9.02. The quantitative estimate of drug-likeness (QED) is 0.710. The Hall–Kier alpha value is -2.21. The van der Waals surface area contributed by atoms with Crippen molar-refractivity contribution >= 4 is 23.1 Å². The summed E-state index contributed by atoms with van der Waals surface area (Å²) in [5.41, 5.74) is 1.38. The second-order valence-corrected chi connectivity index (χ2v) is 7.32. The Morgan fingerprint density at radius 3 is 3.21 bits per heavy atom. The van der Waals surface area contributed by atoms with Crippen molar-refractivity contribution in [2.75, 3.05) is 11.6 Å². The van der Waals surface area contributed by atoms with Gasteiger partial charge in [0.15, 0.2) is 0 Å². The molecule has 3 aromatic rings. The van der Waals surface area contributed by atoms with Crippen molar-refractivity contribution in [3.05, 3.63) is 52.3 Å². The molecule has 1 aliphatic heterocycles. The molecule has 4 rings (SSSR count). The standard InChI is InChI=1S/C16H13N5OS2/c17-7-11-2-1-3-12(6-11)15-19-16(22-20-15)13-9-23-10-21(13)8-14-18-4-5-24-14/h1-6,13H,8-10H2. The van der Waals surface area contributed by atoms with Crippen molar-refractivity contribution in [3.63, 3.8) is 0 Å². The third-order valence-electron chi connectivity index (χ3n) is 3.77. The molecule has 0 amide bonds. The van der Waals surface area contributed by atoms with Gasteiger partial charge in [0.1, 0.15) is 5.01 Å². The van der Waals surface area contributed by atoms with Crippen LogP contribution in [-0.2, 0) is 6.54 Å². The van der Waals surface area contributed by atoms with Gasteiger partial charge in [0.2, 0.25) is 11.7 Å². The molecule has 0 radical (unpaired) electrons. The third kappa shape index (κ3) is 3.06. The van der Waals surface area contributed by atoms with E-state index < -0.39 is 0 Å². The summed E-state index contributed by atoms with van der Waals surface area (Å²) in [5, 5.41) is 16.2. The van der Waals surface area contributed by atoms with Crippen molar-refractivity contribution in [1.82, 2.24) is 20.0 Å². The largest absolute Gasteiger partial charge is 0.337 e. The Morgan fingerprint density at radius 1 is 1.42 bits per heavy atom. The Bertz CT molecular complexity index is 871. The fourth-order valence-electron chi connectivity index (χ4n) is 2.58. The molecule has 0 bridgehead atoms. The molecule has 0 saturated carbocycles. The van der Waals surface area contributed by atoms with E-state index in [-0.39, 0.29) is 6.04 Å². The van der Waals surface area contributed by atoms with Gasteiger partial charge in [-0.2, -0.15) is 10.2 Å². The molecule has 1 aromatic carbocycles. The van der Waals surface area contributed by atoms with Crippen LogP contribution in [0.3, 0.4) is 0 Å². The van der Waals surface area contributed by atoms with Crippen LogP contribution in [0, 0.1) is 11.3 Å². The zero-order valence-corrected chi connectivity index (χ0v) is 14.3. The minimum Gasteiger partial charge on any atom is -0.337 e. The van der Waals surface area contributed by atoms with Gasteiger partial charge in [-0.05, 0) is 12.1 Å². The molecular formula is C16H13N5OS2.